The Balaban J connectivity index is 2.54. The SMILES string of the molecule is N#CCC(NCCC(F)(F)F)c1ccccc1. The molecule has 1 aromatic rings. The van der Waals surface area contributed by atoms with Crippen molar-refractivity contribution in [1.82, 2.24) is 5.32 Å². The maximum atomic E-state index is 12.0. The van der Waals surface area contributed by atoms with Gasteiger partial charge in [0, 0.05) is 12.6 Å². The number of alkyl halides is 3. The molecule has 0 aromatic heterocycles. The molecule has 2 nitrogen and oxygen atoms in total. The van der Waals surface area contributed by atoms with Gasteiger partial charge in [-0.2, -0.15) is 18.4 Å². The summed E-state index contributed by atoms with van der Waals surface area (Å²) >= 11 is 0. The molecule has 1 N–H and O–H groups in total. The van der Waals surface area contributed by atoms with E-state index in [4.69, 9.17) is 5.26 Å². The summed E-state index contributed by atoms with van der Waals surface area (Å²) in [5.74, 6) is 0. The second kappa shape index (κ2) is 6.26. The van der Waals surface area contributed by atoms with Crippen molar-refractivity contribution in [2.75, 3.05) is 6.54 Å². The lowest BCUT2D eigenvalue weighted by Crippen LogP contribution is -2.26. The Labute approximate surface area is 98.1 Å². The molecular formula is C12H13F3N2. The van der Waals surface area contributed by atoms with E-state index >= 15 is 0 Å². The molecule has 0 heterocycles. The Morgan fingerprint density at radius 3 is 2.41 bits per heavy atom. The first-order chi connectivity index (χ1) is 8.03. The molecule has 0 aliphatic heterocycles. The average Bonchev–Trinajstić information content (AvgIpc) is 2.27. The molecule has 0 spiro atoms. The zero-order valence-electron chi connectivity index (χ0n) is 9.17. The summed E-state index contributed by atoms with van der Waals surface area (Å²) in [7, 11) is 0. The van der Waals surface area contributed by atoms with Crippen molar-refractivity contribution in [3.05, 3.63) is 35.9 Å². The molecule has 1 atom stereocenters. The first kappa shape index (κ1) is 13.5. The van der Waals surface area contributed by atoms with E-state index in [1.165, 1.54) is 0 Å². The fourth-order valence-corrected chi connectivity index (χ4v) is 1.47. The molecule has 5 heteroatoms. The predicted molar refractivity (Wildman–Crippen MR) is 58.1 cm³/mol. The highest BCUT2D eigenvalue weighted by Crippen LogP contribution is 2.20. The van der Waals surface area contributed by atoms with Crippen LogP contribution in [0.25, 0.3) is 0 Å². The number of hydrogen-bond acceptors (Lipinski definition) is 2. The first-order valence-electron chi connectivity index (χ1n) is 5.25. The van der Waals surface area contributed by atoms with Crippen LogP contribution in [-0.2, 0) is 0 Å². The molecule has 0 radical (unpaired) electrons. The lowest BCUT2D eigenvalue weighted by atomic mass is 10.0. The molecule has 0 saturated carbocycles. The van der Waals surface area contributed by atoms with Gasteiger partial charge in [-0.15, -0.1) is 0 Å². The van der Waals surface area contributed by atoms with Gasteiger partial charge < -0.3 is 5.32 Å². The van der Waals surface area contributed by atoms with Crippen LogP contribution < -0.4 is 5.32 Å². The maximum Gasteiger partial charge on any atom is 0.390 e. The van der Waals surface area contributed by atoms with Crippen LogP contribution in [0.5, 0.6) is 0 Å². The van der Waals surface area contributed by atoms with Crippen LogP contribution in [0.2, 0.25) is 0 Å². The van der Waals surface area contributed by atoms with Gasteiger partial charge in [0.1, 0.15) is 0 Å². The van der Waals surface area contributed by atoms with E-state index in [0.29, 0.717) is 0 Å². The Morgan fingerprint density at radius 1 is 1.24 bits per heavy atom. The number of halogens is 3. The Bertz CT molecular complexity index is 368. The van der Waals surface area contributed by atoms with Crippen molar-refractivity contribution in [2.24, 2.45) is 0 Å². The second-order valence-corrected chi connectivity index (χ2v) is 3.64. The zero-order chi connectivity index (χ0) is 12.7. The van der Waals surface area contributed by atoms with Crippen molar-refractivity contribution in [2.45, 2.75) is 25.1 Å². The van der Waals surface area contributed by atoms with E-state index in [1.54, 1.807) is 24.3 Å². The molecule has 0 fully saturated rings. The lowest BCUT2D eigenvalue weighted by molar-refractivity contribution is -0.133. The third-order valence-electron chi connectivity index (χ3n) is 2.30. The van der Waals surface area contributed by atoms with Gasteiger partial charge in [0.25, 0.3) is 0 Å². The van der Waals surface area contributed by atoms with E-state index in [0.717, 1.165) is 5.56 Å². The summed E-state index contributed by atoms with van der Waals surface area (Å²) in [5, 5.41) is 11.4. The Morgan fingerprint density at radius 2 is 1.88 bits per heavy atom. The maximum absolute atomic E-state index is 12.0. The van der Waals surface area contributed by atoms with E-state index in [2.05, 4.69) is 5.32 Å². The molecule has 0 aliphatic carbocycles. The van der Waals surface area contributed by atoms with Crippen molar-refractivity contribution in [3.63, 3.8) is 0 Å². The van der Waals surface area contributed by atoms with Crippen LogP contribution in [0.3, 0.4) is 0 Å². The minimum Gasteiger partial charge on any atom is -0.309 e. The number of nitriles is 1. The van der Waals surface area contributed by atoms with Crippen LogP contribution in [0.1, 0.15) is 24.4 Å². The highest BCUT2D eigenvalue weighted by molar-refractivity contribution is 5.19. The third kappa shape index (κ3) is 5.36. The summed E-state index contributed by atoms with van der Waals surface area (Å²) < 4.78 is 36.0. The minimum atomic E-state index is -4.17. The lowest BCUT2D eigenvalue weighted by Gasteiger charge is -2.16. The second-order valence-electron chi connectivity index (χ2n) is 3.64. The third-order valence-corrected chi connectivity index (χ3v) is 2.30. The number of hydrogen-bond donors (Lipinski definition) is 1. The van der Waals surface area contributed by atoms with Gasteiger partial charge in [-0.1, -0.05) is 30.3 Å². The van der Waals surface area contributed by atoms with Gasteiger partial charge in [-0.25, -0.2) is 0 Å². The Kier molecular flexibility index (Phi) is 4.98. The fraction of sp³-hybridized carbons (Fsp3) is 0.417. The summed E-state index contributed by atoms with van der Waals surface area (Å²) in [6.45, 7) is -0.176. The topological polar surface area (TPSA) is 35.8 Å². The van der Waals surface area contributed by atoms with Crippen molar-refractivity contribution < 1.29 is 13.2 Å². The molecule has 0 amide bonds. The first-order valence-corrected chi connectivity index (χ1v) is 5.25. The molecule has 92 valence electrons. The number of rotatable bonds is 5. The number of benzene rings is 1. The number of nitrogens with one attached hydrogen (secondary N) is 1. The van der Waals surface area contributed by atoms with Gasteiger partial charge in [0.2, 0.25) is 0 Å². The average molecular weight is 242 g/mol. The molecule has 1 unspecified atom stereocenters. The Hall–Kier alpha value is -1.54. The van der Waals surface area contributed by atoms with E-state index in [9.17, 15) is 13.2 Å². The summed E-state index contributed by atoms with van der Waals surface area (Å²) in [5.41, 5.74) is 0.830. The van der Waals surface area contributed by atoms with Crippen LogP contribution in [-0.4, -0.2) is 12.7 Å². The molecular weight excluding hydrogens is 229 g/mol. The van der Waals surface area contributed by atoms with Crippen molar-refractivity contribution in [1.29, 1.82) is 5.26 Å². The number of nitrogens with zero attached hydrogens (tertiary/aromatic N) is 1. The van der Waals surface area contributed by atoms with Gasteiger partial charge in [0.15, 0.2) is 0 Å². The molecule has 0 saturated heterocycles. The summed E-state index contributed by atoms with van der Waals surface area (Å²) in [4.78, 5) is 0. The standard InChI is InChI=1S/C12H13F3N2/c13-12(14,15)7-9-17-11(6-8-16)10-4-2-1-3-5-10/h1-5,11,17H,6-7,9H2. The van der Waals surface area contributed by atoms with Crippen LogP contribution >= 0.6 is 0 Å². The molecule has 0 bridgehead atoms. The van der Waals surface area contributed by atoms with E-state index in [-0.39, 0.29) is 19.0 Å². The van der Waals surface area contributed by atoms with Gasteiger partial charge in [-0.05, 0) is 5.56 Å². The smallest absolute Gasteiger partial charge is 0.309 e. The quantitative estimate of drug-likeness (QED) is 0.860. The largest absolute Gasteiger partial charge is 0.390 e. The van der Waals surface area contributed by atoms with E-state index in [1.807, 2.05) is 12.1 Å². The van der Waals surface area contributed by atoms with Gasteiger partial charge in [0.05, 0.1) is 18.9 Å². The van der Waals surface area contributed by atoms with Crippen LogP contribution in [0.15, 0.2) is 30.3 Å². The molecule has 0 aliphatic rings. The predicted octanol–water partition coefficient (Wildman–Crippen LogP) is 3.18. The monoisotopic (exact) mass is 242 g/mol. The highest BCUT2D eigenvalue weighted by Gasteiger charge is 2.26. The van der Waals surface area contributed by atoms with Crippen molar-refractivity contribution in [3.8, 4) is 6.07 Å². The molecule has 1 aromatic carbocycles. The van der Waals surface area contributed by atoms with Gasteiger partial charge in [-0.3, -0.25) is 0 Å². The van der Waals surface area contributed by atoms with E-state index < -0.39 is 12.6 Å². The zero-order valence-corrected chi connectivity index (χ0v) is 9.17. The molecule has 17 heavy (non-hydrogen) atoms. The summed E-state index contributed by atoms with van der Waals surface area (Å²) in [6, 6.07) is 10.6. The van der Waals surface area contributed by atoms with Crippen molar-refractivity contribution >= 4 is 0 Å². The molecule has 1 rings (SSSR count). The minimum absolute atomic E-state index is 0.155. The van der Waals surface area contributed by atoms with Gasteiger partial charge >= 0.3 is 6.18 Å². The summed E-state index contributed by atoms with van der Waals surface area (Å²) in [6.07, 6.45) is -4.90. The highest BCUT2D eigenvalue weighted by atomic mass is 19.4. The van der Waals surface area contributed by atoms with Crippen LogP contribution in [0, 0.1) is 11.3 Å². The fourth-order valence-electron chi connectivity index (χ4n) is 1.47. The normalized spacial score (nSPS) is 13.1. The van der Waals surface area contributed by atoms with Crippen LogP contribution in [0.4, 0.5) is 13.2 Å².